The van der Waals surface area contributed by atoms with E-state index in [2.05, 4.69) is 13.8 Å². The number of hydrogen-bond acceptors (Lipinski definition) is 7. The number of aliphatic hydroxyl groups is 1. The van der Waals surface area contributed by atoms with Gasteiger partial charge in [-0.1, -0.05) is 13.8 Å². The normalized spacial score (nSPS) is 17.2. The molecule has 36 heavy (non-hydrogen) atoms. The predicted molar refractivity (Wildman–Crippen MR) is 139 cm³/mol. The fourth-order valence-electron chi connectivity index (χ4n) is 4.16. The Morgan fingerprint density at radius 2 is 1.69 bits per heavy atom. The van der Waals surface area contributed by atoms with Crippen molar-refractivity contribution in [3.8, 4) is 17.2 Å². The molecule has 0 saturated carbocycles. The molecule has 0 spiro atoms. The third-order valence-electron chi connectivity index (χ3n) is 5.99. The van der Waals surface area contributed by atoms with Gasteiger partial charge in [-0.2, -0.15) is 0 Å². The van der Waals surface area contributed by atoms with E-state index in [9.17, 15) is 14.7 Å². The monoisotopic (exact) mass is 496 g/mol. The van der Waals surface area contributed by atoms with Crippen molar-refractivity contribution in [2.24, 2.45) is 5.92 Å². The van der Waals surface area contributed by atoms with Crippen LogP contribution in [-0.2, 0) is 9.59 Å². The van der Waals surface area contributed by atoms with E-state index in [1.165, 1.54) is 12.0 Å². The standard InChI is InChI=1S/C28H36N2O6/c1-18(2)17-36-20-10-8-19(9-11-20)26(31)24-25(22-13-12-21(34-5)16-23(22)35-6)30(28(33)27(24)32)15-7-14-29(3)4/h8-13,16,18,25,31H,7,14-15,17H2,1-6H3/b26-24+/t25-/m0/s1. The van der Waals surface area contributed by atoms with Gasteiger partial charge in [-0.15, -0.1) is 0 Å². The molecule has 1 heterocycles. The minimum Gasteiger partial charge on any atom is -0.507 e. The van der Waals surface area contributed by atoms with E-state index < -0.39 is 17.7 Å². The minimum atomic E-state index is -0.801. The van der Waals surface area contributed by atoms with Crippen molar-refractivity contribution in [3.63, 3.8) is 0 Å². The highest BCUT2D eigenvalue weighted by Gasteiger charge is 2.46. The molecule has 3 rings (SSSR count). The number of methoxy groups -OCH3 is 2. The molecule has 0 unspecified atom stereocenters. The number of likely N-dealkylation sites (tertiary alicyclic amines) is 1. The Bertz CT molecular complexity index is 1110. The Morgan fingerprint density at radius 1 is 1.03 bits per heavy atom. The van der Waals surface area contributed by atoms with Crippen LogP contribution in [0.3, 0.4) is 0 Å². The second-order valence-electron chi connectivity index (χ2n) is 9.49. The van der Waals surface area contributed by atoms with Crippen LogP contribution in [-0.4, -0.2) is 74.6 Å². The van der Waals surface area contributed by atoms with Crippen LogP contribution in [0, 0.1) is 5.92 Å². The largest absolute Gasteiger partial charge is 0.507 e. The molecular formula is C28H36N2O6. The van der Waals surface area contributed by atoms with Crippen molar-refractivity contribution in [2.75, 3.05) is 48.0 Å². The van der Waals surface area contributed by atoms with Gasteiger partial charge in [-0.25, -0.2) is 0 Å². The fourth-order valence-corrected chi connectivity index (χ4v) is 4.16. The SMILES string of the molecule is COc1ccc([C@H]2/C(=C(\O)c3ccc(OCC(C)C)cc3)C(=O)C(=O)N2CCCN(C)C)c(OC)c1. The van der Waals surface area contributed by atoms with Gasteiger partial charge >= 0.3 is 0 Å². The number of amides is 1. The zero-order chi connectivity index (χ0) is 26.4. The lowest BCUT2D eigenvalue weighted by atomic mass is 9.94. The molecule has 0 radical (unpaired) electrons. The van der Waals surface area contributed by atoms with Crippen LogP contribution in [0.5, 0.6) is 17.2 Å². The molecule has 1 atom stereocenters. The first-order valence-corrected chi connectivity index (χ1v) is 12.1. The van der Waals surface area contributed by atoms with Crippen LogP contribution < -0.4 is 14.2 Å². The van der Waals surface area contributed by atoms with E-state index in [0.717, 1.165) is 6.54 Å². The van der Waals surface area contributed by atoms with Gasteiger partial charge < -0.3 is 29.1 Å². The number of hydrogen-bond donors (Lipinski definition) is 1. The van der Waals surface area contributed by atoms with E-state index in [-0.39, 0.29) is 11.3 Å². The molecule has 8 heteroatoms. The summed E-state index contributed by atoms with van der Waals surface area (Å²) in [5, 5.41) is 11.3. The first kappa shape index (κ1) is 27.1. The molecular weight excluding hydrogens is 460 g/mol. The number of nitrogens with zero attached hydrogens (tertiary/aromatic N) is 2. The summed E-state index contributed by atoms with van der Waals surface area (Å²) < 4.78 is 16.6. The first-order chi connectivity index (χ1) is 17.2. The van der Waals surface area contributed by atoms with Crippen molar-refractivity contribution in [2.45, 2.75) is 26.3 Å². The molecule has 1 N–H and O–H groups in total. The van der Waals surface area contributed by atoms with Crippen LogP contribution in [0.25, 0.3) is 5.76 Å². The van der Waals surface area contributed by atoms with Crippen LogP contribution in [0.1, 0.15) is 37.4 Å². The summed E-state index contributed by atoms with van der Waals surface area (Å²) in [5.74, 6) is 0.482. The van der Waals surface area contributed by atoms with Crippen LogP contribution in [0.4, 0.5) is 0 Å². The van der Waals surface area contributed by atoms with E-state index in [1.54, 1.807) is 49.6 Å². The van der Waals surface area contributed by atoms with Crippen LogP contribution >= 0.6 is 0 Å². The molecule has 1 aliphatic heterocycles. The zero-order valence-corrected chi connectivity index (χ0v) is 21.9. The van der Waals surface area contributed by atoms with Gasteiger partial charge in [0.05, 0.1) is 32.4 Å². The number of ether oxygens (including phenoxy) is 3. The van der Waals surface area contributed by atoms with Gasteiger partial charge in [-0.05, 0) is 69.4 Å². The molecule has 0 aliphatic carbocycles. The van der Waals surface area contributed by atoms with Gasteiger partial charge in [-0.3, -0.25) is 9.59 Å². The lowest BCUT2D eigenvalue weighted by Gasteiger charge is -2.27. The number of Topliss-reactive ketones (excluding diaryl/α,β-unsaturated/α-hetero) is 1. The second-order valence-corrected chi connectivity index (χ2v) is 9.49. The smallest absolute Gasteiger partial charge is 0.295 e. The number of carbonyl (C=O) groups is 2. The predicted octanol–water partition coefficient (Wildman–Crippen LogP) is 4.11. The molecule has 2 aromatic rings. The molecule has 1 aliphatic rings. The summed E-state index contributed by atoms with van der Waals surface area (Å²) in [6, 6.07) is 11.3. The highest BCUT2D eigenvalue weighted by molar-refractivity contribution is 6.46. The highest BCUT2D eigenvalue weighted by atomic mass is 16.5. The highest BCUT2D eigenvalue weighted by Crippen LogP contribution is 2.43. The summed E-state index contributed by atoms with van der Waals surface area (Å²) in [6.45, 7) is 5.78. The Balaban J connectivity index is 2.08. The van der Waals surface area contributed by atoms with Crippen molar-refractivity contribution in [1.29, 1.82) is 0 Å². The lowest BCUT2D eigenvalue weighted by Crippen LogP contribution is -2.32. The van der Waals surface area contributed by atoms with E-state index >= 15 is 0 Å². The number of ketones is 1. The summed E-state index contributed by atoms with van der Waals surface area (Å²) in [7, 11) is 6.97. The maximum atomic E-state index is 13.3. The molecule has 0 bridgehead atoms. The molecule has 1 amide bonds. The van der Waals surface area contributed by atoms with Gasteiger partial charge in [0.1, 0.15) is 23.0 Å². The lowest BCUT2D eigenvalue weighted by molar-refractivity contribution is -0.140. The Morgan fingerprint density at radius 3 is 2.28 bits per heavy atom. The molecule has 2 aromatic carbocycles. The van der Waals surface area contributed by atoms with Crippen LogP contribution in [0.2, 0.25) is 0 Å². The van der Waals surface area contributed by atoms with Crippen molar-refractivity contribution >= 4 is 17.4 Å². The fraction of sp³-hybridized carbons (Fsp3) is 0.429. The number of aliphatic hydroxyl groups excluding tert-OH is 1. The quantitative estimate of drug-likeness (QED) is 0.285. The van der Waals surface area contributed by atoms with E-state index in [4.69, 9.17) is 14.2 Å². The summed E-state index contributed by atoms with van der Waals surface area (Å²) in [5.41, 5.74) is 1.06. The van der Waals surface area contributed by atoms with E-state index in [1.807, 2.05) is 19.0 Å². The Kier molecular flexibility index (Phi) is 8.98. The van der Waals surface area contributed by atoms with Gasteiger partial charge in [0, 0.05) is 23.7 Å². The summed E-state index contributed by atoms with van der Waals surface area (Å²) in [4.78, 5) is 30.0. The molecule has 194 valence electrons. The third-order valence-corrected chi connectivity index (χ3v) is 5.99. The zero-order valence-electron chi connectivity index (χ0n) is 21.9. The van der Waals surface area contributed by atoms with Gasteiger partial charge in [0.25, 0.3) is 11.7 Å². The third kappa shape index (κ3) is 5.99. The average Bonchev–Trinajstić information content (AvgIpc) is 3.11. The van der Waals surface area contributed by atoms with Gasteiger partial charge in [0.15, 0.2) is 0 Å². The maximum Gasteiger partial charge on any atom is 0.295 e. The van der Waals surface area contributed by atoms with Gasteiger partial charge in [0.2, 0.25) is 0 Å². The molecule has 8 nitrogen and oxygen atoms in total. The molecule has 0 aromatic heterocycles. The molecule has 1 saturated heterocycles. The number of carbonyl (C=O) groups excluding carboxylic acids is 2. The second kappa shape index (κ2) is 11.9. The topological polar surface area (TPSA) is 88.5 Å². The van der Waals surface area contributed by atoms with Crippen molar-refractivity contribution in [3.05, 3.63) is 59.2 Å². The van der Waals surface area contributed by atoms with Crippen LogP contribution in [0.15, 0.2) is 48.0 Å². The summed E-state index contributed by atoms with van der Waals surface area (Å²) >= 11 is 0. The molecule has 1 fully saturated rings. The first-order valence-electron chi connectivity index (χ1n) is 12.1. The number of benzene rings is 2. The minimum absolute atomic E-state index is 0.0316. The maximum absolute atomic E-state index is 13.3. The average molecular weight is 497 g/mol. The number of rotatable bonds is 11. The van der Waals surface area contributed by atoms with Crippen molar-refractivity contribution < 1.29 is 28.9 Å². The summed E-state index contributed by atoms with van der Waals surface area (Å²) in [6.07, 6.45) is 0.664. The van der Waals surface area contributed by atoms with E-state index in [0.29, 0.717) is 53.9 Å². The Hall–Kier alpha value is -3.52. The van der Waals surface area contributed by atoms with Crippen molar-refractivity contribution in [1.82, 2.24) is 9.80 Å². The Labute approximate surface area is 213 Å².